The van der Waals surface area contributed by atoms with Crippen molar-refractivity contribution < 1.29 is 14.3 Å². The first kappa shape index (κ1) is 19.9. The molecule has 1 aromatic carbocycles. The first-order valence-corrected chi connectivity index (χ1v) is 10.2. The number of nitrogens with zero attached hydrogens (tertiary/aromatic N) is 1. The van der Waals surface area contributed by atoms with E-state index in [2.05, 4.69) is 5.32 Å². The van der Waals surface area contributed by atoms with Crippen molar-refractivity contribution in [3.8, 4) is 0 Å². The summed E-state index contributed by atoms with van der Waals surface area (Å²) < 4.78 is 5.20. The molecule has 0 atom stereocenters. The molecule has 1 amide bonds. The number of hydrogen-bond acceptors (Lipinski definition) is 5. The number of aryl methyl sites for hydroxylation is 1. The van der Waals surface area contributed by atoms with Gasteiger partial charge < -0.3 is 10.1 Å². The predicted octanol–water partition coefficient (Wildman–Crippen LogP) is 4.14. The van der Waals surface area contributed by atoms with Crippen LogP contribution in [-0.4, -0.2) is 37.0 Å². The molecule has 0 spiro atoms. The van der Waals surface area contributed by atoms with Crippen LogP contribution in [0.4, 0.5) is 5.00 Å². The maximum atomic E-state index is 12.5. The summed E-state index contributed by atoms with van der Waals surface area (Å²) in [4.78, 5) is 28.0. The second-order valence-electron chi connectivity index (χ2n) is 6.63. The summed E-state index contributed by atoms with van der Waals surface area (Å²) in [6.07, 6.45) is 2.87. The molecule has 1 aliphatic rings. The third-order valence-electron chi connectivity index (χ3n) is 4.43. The van der Waals surface area contributed by atoms with Gasteiger partial charge in [-0.2, -0.15) is 0 Å². The summed E-state index contributed by atoms with van der Waals surface area (Å²) in [6.45, 7) is 2.97. The molecule has 0 aliphatic heterocycles. The van der Waals surface area contributed by atoms with Crippen LogP contribution in [0.1, 0.15) is 39.7 Å². The van der Waals surface area contributed by atoms with E-state index in [0.29, 0.717) is 28.7 Å². The minimum absolute atomic E-state index is 0.142. The number of carbonyl (C=O) groups is 2. The molecule has 0 fully saturated rings. The van der Waals surface area contributed by atoms with Gasteiger partial charge in [-0.3, -0.25) is 9.69 Å². The number of ether oxygens (including phenoxy) is 1. The van der Waals surface area contributed by atoms with E-state index < -0.39 is 0 Å². The molecule has 2 aromatic rings. The summed E-state index contributed by atoms with van der Waals surface area (Å²) in [5, 5.41) is 4.23. The molecular formula is C20H23ClN2O3S. The highest BCUT2D eigenvalue weighted by molar-refractivity contribution is 7.17. The van der Waals surface area contributed by atoms with Gasteiger partial charge in [-0.1, -0.05) is 23.7 Å². The van der Waals surface area contributed by atoms with Crippen molar-refractivity contribution in [2.75, 3.05) is 25.5 Å². The molecule has 1 N–H and O–H groups in total. The van der Waals surface area contributed by atoms with Gasteiger partial charge in [-0.25, -0.2) is 4.79 Å². The SMILES string of the molecule is CCOC(=O)c1c(NC(=O)CN(C)Cc2ccc(Cl)cc2)sc2c1CCC2. The lowest BCUT2D eigenvalue weighted by Gasteiger charge is -2.16. The van der Waals surface area contributed by atoms with Gasteiger partial charge >= 0.3 is 5.97 Å². The van der Waals surface area contributed by atoms with Gasteiger partial charge in [0.1, 0.15) is 5.00 Å². The Balaban J connectivity index is 1.65. The molecule has 1 aliphatic carbocycles. The van der Waals surface area contributed by atoms with E-state index >= 15 is 0 Å². The third-order valence-corrected chi connectivity index (χ3v) is 5.89. The lowest BCUT2D eigenvalue weighted by Crippen LogP contribution is -2.30. The van der Waals surface area contributed by atoms with Crippen molar-refractivity contribution in [2.24, 2.45) is 0 Å². The van der Waals surface area contributed by atoms with E-state index in [-0.39, 0.29) is 18.4 Å². The maximum Gasteiger partial charge on any atom is 0.341 e. The van der Waals surface area contributed by atoms with Crippen molar-refractivity contribution >= 4 is 39.8 Å². The Labute approximate surface area is 168 Å². The van der Waals surface area contributed by atoms with Crippen LogP contribution in [0.2, 0.25) is 5.02 Å². The quantitative estimate of drug-likeness (QED) is 0.702. The number of fused-ring (bicyclic) bond motifs is 1. The zero-order chi connectivity index (χ0) is 19.4. The number of rotatable bonds is 7. The van der Waals surface area contributed by atoms with Gasteiger partial charge in [0.15, 0.2) is 0 Å². The summed E-state index contributed by atoms with van der Waals surface area (Å²) in [6, 6.07) is 7.56. The van der Waals surface area contributed by atoms with Crippen LogP contribution in [0.15, 0.2) is 24.3 Å². The number of carbonyl (C=O) groups excluding carboxylic acids is 2. The van der Waals surface area contributed by atoms with Crippen molar-refractivity contribution in [3.05, 3.63) is 50.9 Å². The molecule has 0 bridgehead atoms. The van der Waals surface area contributed by atoms with Crippen LogP contribution in [0.5, 0.6) is 0 Å². The van der Waals surface area contributed by atoms with Crippen LogP contribution >= 0.6 is 22.9 Å². The average Bonchev–Trinajstić information content (AvgIpc) is 3.17. The normalized spacial score (nSPS) is 12.9. The molecule has 144 valence electrons. The number of esters is 1. The minimum atomic E-state index is -0.346. The van der Waals surface area contributed by atoms with Crippen LogP contribution in [0.25, 0.3) is 0 Å². The predicted molar refractivity (Wildman–Crippen MR) is 109 cm³/mol. The molecule has 3 rings (SSSR count). The van der Waals surface area contributed by atoms with Gasteiger partial charge in [0.25, 0.3) is 0 Å². The Morgan fingerprint density at radius 1 is 1.26 bits per heavy atom. The molecule has 0 unspecified atom stereocenters. The highest BCUT2D eigenvalue weighted by Gasteiger charge is 2.28. The molecular weight excluding hydrogens is 384 g/mol. The van der Waals surface area contributed by atoms with Crippen molar-refractivity contribution in [1.82, 2.24) is 4.90 Å². The summed E-state index contributed by atoms with van der Waals surface area (Å²) in [7, 11) is 1.88. The fraction of sp³-hybridized carbons (Fsp3) is 0.400. The van der Waals surface area contributed by atoms with Crippen LogP contribution < -0.4 is 5.32 Å². The molecule has 1 heterocycles. The Bertz CT molecular complexity index is 832. The molecule has 1 aromatic heterocycles. The molecule has 0 radical (unpaired) electrons. The van der Waals surface area contributed by atoms with E-state index in [0.717, 1.165) is 30.4 Å². The van der Waals surface area contributed by atoms with Gasteiger partial charge in [-0.05, 0) is 56.5 Å². The van der Waals surface area contributed by atoms with Crippen LogP contribution in [-0.2, 0) is 28.9 Å². The van der Waals surface area contributed by atoms with Crippen molar-refractivity contribution in [3.63, 3.8) is 0 Å². The lowest BCUT2D eigenvalue weighted by atomic mass is 10.1. The second-order valence-corrected chi connectivity index (χ2v) is 8.17. The molecule has 5 nitrogen and oxygen atoms in total. The first-order valence-electron chi connectivity index (χ1n) is 9.02. The Kier molecular flexibility index (Phi) is 6.52. The smallest absolute Gasteiger partial charge is 0.341 e. The number of hydrogen-bond donors (Lipinski definition) is 1. The number of thiophene rings is 1. The van der Waals surface area contributed by atoms with Crippen LogP contribution in [0.3, 0.4) is 0 Å². The molecule has 0 saturated carbocycles. The summed E-state index contributed by atoms with van der Waals surface area (Å²) in [5.41, 5.74) is 2.67. The lowest BCUT2D eigenvalue weighted by molar-refractivity contribution is -0.117. The zero-order valence-electron chi connectivity index (χ0n) is 15.5. The average molecular weight is 407 g/mol. The number of amides is 1. The topological polar surface area (TPSA) is 58.6 Å². The molecule has 0 saturated heterocycles. The number of nitrogens with one attached hydrogen (secondary N) is 1. The van der Waals surface area contributed by atoms with Crippen LogP contribution in [0, 0.1) is 0 Å². The van der Waals surface area contributed by atoms with Gasteiger partial charge in [0.2, 0.25) is 5.91 Å². The number of benzene rings is 1. The van der Waals surface area contributed by atoms with E-state index in [1.807, 2.05) is 36.2 Å². The van der Waals surface area contributed by atoms with E-state index in [4.69, 9.17) is 16.3 Å². The number of likely N-dealkylation sites (N-methyl/N-ethyl adjacent to an activating group) is 1. The number of halogens is 1. The van der Waals surface area contributed by atoms with E-state index in [1.54, 1.807) is 6.92 Å². The highest BCUT2D eigenvalue weighted by Crippen LogP contribution is 2.39. The highest BCUT2D eigenvalue weighted by atomic mass is 35.5. The minimum Gasteiger partial charge on any atom is -0.462 e. The molecule has 7 heteroatoms. The van der Waals surface area contributed by atoms with E-state index in [1.165, 1.54) is 16.2 Å². The molecule has 27 heavy (non-hydrogen) atoms. The van der Waals surface area contributed by atoms with Crippen molar-refractivity contribution in [2.45, 2.75) is 32.7 Å². The largest absolute Gasteiger partial charge is 0.462 e. The maximum absolute atomic E-state index is 12.5. The summed E-state index contributed by atoms with van der Waals surface area (Å²) >= 11 is 7.40. The second kappa shape index (κ2) is 8.87. The standard InChI is InChI=1S/C20H23ClN2O3S/c1-3-26-20(25)18-15-5-4-6-16(15)27-19(18)22-17(24)12-23(2)11-13-7-9-14(21)10-8-13/h7-10H,3-6,11-12H2,1-2H3,(H,22,24). The Hall–Kier alpha value is -1.89. The van der Waals surface area contributed by atoms with E-state index in [9.17, 15) is 9.59 Å². The first-order chi connectivity index (χ1) is 13.0. The van der Waals surface area contributed by atoms with Gasteiger partial charge in [0.05, 0.1) is 18.7 Å². The third kappa shape index (κ3) is 4.89. The van der Waals surface area contributed by atoms with Crippen molar-refractivity contribution in [1.29, 1.82) is 0 Å². The Morgan fingerprint density at radius 2 is 2.00 bits per heavy atom. The number of anilines is 1. The summed E-state index contributed by atoms with van der Waals surface area (Å²) in [5.74, 6) is -0.487. The fourth-order valence-electron chi connectivity index (χ4n) is 3.28. The zero-order valence-corrected chi connectivity index (χ0v) is 17.1. The Morgan fingerprint density at radius 3 is 2.70 bits per heavy atom. The van der Waals surface area contributed by atoms with Gasteiger partial charge in [0, 0.05) is 16.4 Å². The monoisotopic (exact) mass is 406 g/mol. The fourth-order valence-corrected chi connectivity index (χ4v) is 4.70. The van der Waals surface area contributed by atoms with Gasteiger partial charge in [-0.15, -0.1) is 11.3 Å².